The van der Waals surface area contributed by atoms with Gasteiger partial charge in [0, 0.05) is 25.0 Å². The number of hydrogen-bond donors (Lipinski definition) is 1. The van der Waals surface area contributed by atoms with Gasteiger partial charge in [0.25, 0.3) is 0 Å². The van der Waals surface area contributed by atoms with Crippen molar-refractivity contribution in [3.05, 3.63) is 59.9 Å². The molecule has 2 atom stereocenters. The van der Waals surface area contributed by atoms with E-state index in [2.05, 4.69) is 9.88 Å². The highest BCUT2D eigenvalue weighted by Crippen LogP contribution is 2.36. The van der Waals surface area contributed by atoms with E-state index in [1.54, 1.807) is 7.11 Å². The SMILES string of the molecule is COc1ccc([C@@](C)(O)[C@H]2CCCN2Cc2ccncc2)cc1. The minimum Gasteiger partial charge on any atom is -0.497 e. The fraction of sp³-hybridized carbons (Fsp3) is 0.421. The molecular formula is C19H24N2O2. The van der Waals surface area contributed by atoms with Gasteiger partial charge in [-0.1, -0.05) is 12.1 Å². The second-order valence-electron chi connectivity index (χ2n) is 6.36. The van der Waals surface area contributed by atoms with E-state index in [4.69, 9.17) is 4.74 Å². The molecule has 1 fully saturated rings. The molecule has 1 saturated heterocycles. The van der Waals surface area contributed by atoms with Crippen LogP contribution in [0.5, 0.6) is 5.75 Å². The Labute approximate surface area is 137 Å². The van der Waals surface area contributed by atoms with Crippen LogP contribution >= 0.6 is 0 Å². The predicted octanol–water partition coefficient (Wildman–Crippen LogP) is 2.96. The van der Waals surface area contributed by atoms with Crippen molar-refractivity contribution < 1.29 is 9.84 Å². The zero-order valence-electron chi connectivity index (χ0n) is 13.8. The summed E-state index contributed by atoms with van der Waals surface area (Å²) in [4.78, 5) is 6.45. The van der Waals surface area contributed by atoms with E-state index in [1.807, 2.05) is 55.7 Å². The van der Waals surface area contributed by atoms with Crippen molar-refractivity contribution in [1.29, 1.82) is 0 Å². The second kappa shape index (κ2) is 6.69. The lowest BCUT2D eigenvalue weighted by atomic mass is 9.86. The Kier molecular flexibility index (Phi) is 4.64. The van der Waals surface area contributed by atoms with E-state index >= 15 is 0 Å². The summed E-state index contributed by atoms with van der Waals surface area (Å²) in [5.74, 6) is 0.810. The van der Waals surface area contributed by atoms with Crippen molar-refractivity contribution in [3.8, 4) is 5.75 Å². The maximum atomic E-state index is 11.2. The highest BCUT2D eigenvalue weighted by Gasteiger charge is 2.40. The molecule has 4 heteroatoms. The Bertz CT molecular complexity index is 626. The highest BCUT2D eigenvalue weighted by atomic mass is 16.5. The maximum Gasteiger partial charge on any atom is 0.118 e. The average molecular weight is 312 g/mol. The lowest BCUT2D eigenvalue weighted by Gasteiger charge is -2.37. The van der Waals surface area contributed by atoms with Gasteiger partial charge in [-0.25, -0.2) is 0 Å². The molecule has 0 radical (unpaired) electrons. The zero-order valence-corrected chi connectivity index (χ0v) is 13.8. The molecule has 2 heterocycles. The van der Waals surface area contributed by atoms with Crippen molar-refractivity contribution in [1.82, 2.24) is 9.88 Å². The number of methoxy groups -OCH3 is 1. The lowest BCUT2D eigenvalue weighted by Crippen LogP contribution is -2.45. The third kappa shape index (κ3) is 3.38. The standard InChI is InChI=1S/C19H24N2O2/c1-19(22,16-5-7-17(23-2)8-6-16)18-4-3-13-21(18)14-15-9-11-20-12-10-15/h5-12,18,22H,3-4,13-14H2,1-2H3/t18-,19-/m1/s1. The van der Waals surface area contributed by atoms with Crippen LogP contribution in [-0.4, -0.2) is 34.7 Å². The van der Waals surface area contributed by atoms with Crippen molar-refractivity contribution >= 4 is 0 Å². The molecule has 2 aromatic rings. The molecule has 0 spiro atoms. The molecule has 0 aliphatic carbocycles. The van der Waals surface area contributed by atoms with E-state index in [0.717, 1.165) is 37.2 Å². The number of hydrogen-bond acceptors (Lipinski definition) is 4. The molecule has 1 aliphatic heterocycles. The van der Waals surface area contributed by atoms with Gasteiger partial charge in [-0.15, -0.1) is 0 Å². The number of pyridine rings is 1. The lowest BCUT2D eigenvalue weighted by molar-refractivity contribution is -0.0254. The molecule has 0 saturated carbocycles. The van der Waals surface area contributed by atoms with Gasteiger partial charge in [-0.05, 0) is 61.7 Å². The van der Waals surface area contributed by atoms with Crippen LogP contribution in [0.15, 0.2) is 48.8 Å². The van der Waals surface area contributed by atoms with Gasteiger partial charge in [0.1, 0.15) is 11.4 Å². The summed E-state index contributed by atoms with van der Waals surface area (Å²) in [5.41, 5.74) is 1.29. The number of likely N-dealkylation sites (tertiary alicyclic amines) is 1. The van der Waals surface area contributed by atoms with Crippen LogP contribution in [0.3, 0.4) is 0 Å². The van der Waals surface area contributed by atoms with E-state index in [-0.39, 0.29) is 6.04 Å². The largest absolute Gasteiger partial charge is 0.497 e. The van der Waals surface area contributed by atoms with E-state index < -0.39 is 5.60 Å². The number of rotatable bonds is 5. The third-order valence-corrected chi connectivity index (χ3v) is 4.82. The summed E-state index contributed by atoms with van der Waals surface area (Å²) < 4.78 is 5.21. The Morgan fingerprint density at radius 1 is 1.22 bits per heavy atom. The highest BCUT2D eigenvalue weighted by molar-refractivity contribution is 5.32. The summed E-state index contributed by atoms with van der Waals surface area (Å²) in [7, 11) is 1.65. The summed E-state index contributed by atoms with van der Waals surface area (Å²) in [5, 5.41) is 11.2. The van der Waals surface area contributed by atoms with Gasteiger partial charge in [-0.3, -0.25) is 9.88 Å². The zero-order chi connectivity index (χ0) is 16.3. The fourth-order valence-electron chi connectivity index (χ4n) is 3.50. The van der Waals surface area contributed by atoms with Crippen molar-refractivity contribution in [3.63, 3.8) is 0 Å². The Hall–Kier alpha value is -1.91. The maximum absolute atomic E-state index is 11.2. The molecule has 1 N–H and O–H groups in total. The van der Waals surface area contributed by atoms with Crippen LogP contribution in [0.25, 0.3) is 0 Å². The van der Waals surface area contributed by atoms with E-state index in [0.29, 0.717) is 0 Å². The van der Waals surface area contributed by atoms with Gasteiger partial charge in [0.05, 0.1) is 7.11 Å². The van der Waals surface area contributed by atoms with Gasteiger partial charge in [0.15, 0.2) is 0 Å². The molecule has 1 aromatic carbocycles. The molecule has 4 nitrogen and oxygen atoms in total. The predicted molar refractivity (Wildman–Crippen MR) is 90.2 cm³/mol. The normalized spacial score (nSPS) is 21.1. The molecule has 122 valence electrons. The van der Waals surface area contributed by atoms with Crippen LogP contribution in [-0.2, 0) is 12.1 Å². The average Bonchev–Trinajstić information content (AvgIpc) is 3.05. The first-order valence-electron chi connectivity index (χ1n) is 8.11. The number of nitrogens with zero attached hydrogens (tertiary/aromatic N) is 2. The van der Waals surface area contributed by atoms with Crippen LogP contribution in [0.4, 0.5) is 0 Å². The van der Waals surface area contributed by atoms with Gasteiger partial charge in [0.2, 0.25) is 0 Å². The molecule has 1 aliphatic rings. The number of aromatic nitrogens is 1. The Morgan fingerprint density at radius 3 is 2.57 bits per heavy atom. The minimum atomic E-state index is -0.879. The first-order chi connectivity index (χ1) is 11.1. The molecule has 0 bridgehead atoms. The molecule has 3 rings (SSSR count). The molecule has 1 aromatic heterocycles. The van der Waals surface area contributed by atoms with Crippen LogP contribution < -0.4 is 4.74 Å². The Morgan fingerprint density at radius 2 is 1.91 bits per heavy atom. The first kappa shape index (κ1) is 16.0. The summed E-state index contributed by atoms with van der Waals surface area (Å²) in [6.07, 6.45) is 5.76. The molecule has 0 unspecified atom stereocenters. The van der Waals surface area contributed by atoms with E-state index in [1.165, 1.54) is 5.56 Å². The quantitative estimate of drug-likeness (QED) is 0.922. The molecular weight excluding hydrogens is 288 g/mol. The summed E-state index contributed by atoms with van der Waals surface area (Å²) >= 11 is 0. The van der Waals surface area contributed by atoms with Crippen molar-refractivity contribution in [2.45, 2.75) is 38.0 Å². The second-order valence-corrected chi connectivity index (χ2v) is 6.36. The van der Waals surface area contributed by atoms with Gasteiger partial charge in [-0.2, -0.15) is 0 Å². The smallest absolute Gasteiger partial charge is 0.118 e. The van der Waals surface area contributed by atoms with E-state index in [9.17, 15) is 5.11 Å². The Balaban J connectivity index is 1.79. The fourth-order valence-corrected chi connectivity index (χ4v) is 3.50. The van der Waals surface area contributed by atoms with Crippen LogP contribution in [0, 0.1) is 0 Å². The van der Waals surface area contributed by atoms with Crippen molar-refractivity contribution in [2.24, 2.45) is 0 Å². The summed E-state index contributed by atoms with van der Waals surface area (Å²) in [6.45, 7) is 3.78. The molecule has 0 amide bonds. The summed E-state index contributed by atoms with van der Waals surface area (Å²) in [6, 6.07) is 11.9. The van der Waals surface area contributed by atoms with Crippen molar-refractivity contribution in [2.75, 3.05) is 13.7 Å². The number of ether oxygens (including phenoxy) is 1. The number of aliphatic hydroxyl groups is 1. The monoisotopic (exact) mass is 312 g/mol. The topological polar surface area (TPSA) is 45.6 Å². The van der Waals surface area contributed by atoms with Gasteiger partial charge < -0.3 is 9.84 Å². The minimum absolute atomic E-state index is 0.115. The number of benzene rings is 1. The third-order valence-electron chi connectivity index (χ3n) is 4.82. The van der Waals surface area contributed by atoms with Crippen LogP contribution in [0.1, 0.15) is 30.9 Å². The first-order valence-corrected chi connectivity index (χ1v) is 8.11. The van der Waals surface area contributed by atoms with Gasteiger partial charge >= 0.3 is 0 Å². The van der Waals surface area contributed by atoms with Crippen LogP contribution in [0.2, 0.25) is 0 Å². The molecule has 23 heavy (non-hydrogen) atoms.